The molecule has 7 heteroatoms. The number of nitrogens with zero attached hydrogens (tertiary/aromatic N) is 7. The molecule has 1 aliphatic heterocycles. The van der Waals surface area contributed by atoms with Crippen molar-refractivity contribution in [3.63, 3.8) is 0 Å². The predicted molar refractivity (Wildman–Crippen MR) is 90.9 cm³/mol. The molecular weight excluding hydrogens is 302 g/mol. The highest BCUT2D eigenvalue weighted by Gasteiger charge is 2.18. The van der Waals surface area contributed by atoms with Crippen LogP contribution in [0.1, 0.15) is 5.56 Å². The van der Waals surface area contributed by atoms with Crippen LogP contribution in [0.25, 0.3) is 5.82 Å². The van der Waals surface area contributed by atoms with E-state index in [9.17, 15) is 0 Å². The van der Waals surface area contributed by atoms with Gasteiger partial charge < -0.3 is 4.90 Å². The zero-order valence-electron chi connectivity index (χ0n) is 13.4. The lowest BCUT2D eigenvalue weighted by Gasteiger charge is -2.35. The van der Waals surface area contributed by atoms with Crippen LogP contribution in [0.3, 0.4) is 0 Å². The first-order valence-corrected chi connectivity index (χ1v) is 8.08. The van der Waals surface area contributed by atoms with E-state index in [0.717, 1.165) is 44.4 Å². The first kappa shape index (κ1) is 14.8. The number of piperazine rings is 1. The molecule has 0 amide bonds. The summed E-state index contributed by atoms with van der Waals surface area (Å²) in [5.74, 6) is 1.66. The average Bonchev–Trinajstić information content (AvgIpc) is 3.18. The molecule has 3 aromatic rings. The van der Waals surface area contributed by atoms with Crippen LogP contribution in [0.2, 0.25) is 0 Å². The molecule has 0 bridgehead atoms. The number of rotatable bonds is 4. The molecule has 1 fully saturated rings. The highest BCUT2D eigenvalue weighted by Crippen LogP contribution is 2.15. The maximum atomic E-state index is 4.36. The molecule has 0 aromatic carbocycles. The van der Waals surface area contributed by atoms with Gasteiger partial charge in [-0.1, -0.05) is 0 Å². The Morgan fingerprint density at radius 3 is 2.25 bits per heavy atom. The minimum absolute atomic E-state index is 0.736. The third-order valence-electron chi connectivity index (χ3n) is 4.23. The summed E-state index contributed by atoms with van der Waals surface area (Å²) in [5, 5.41) is 12.8. The second-order valence-corrected chi connectivity index (χ2v) is 5.82. The van der Waals surface area contributed by atoms with Gasteiger partial charge in [0, 0.05) is 57.5 Å². The number of pyridine rings is 1. The molecule has 0 N–H and O–H groups in total. The van der Waals surface area contributed by atoms with Crippen molar-refractivity contribution in [2.75, 3.05) is 31.1 Å². The van der Waals surface area contributed by atoms with Crippen molar-refractivity contribution in [1.29, 1.82) is 0 Å². The maximum absolute atomic E-state index is 4.36. The molecule has 0 unspecified atom stereocenters. The van der Waals surface area contributed by atoms with E-state index in [1.54, 1.807) is 10.9 Å². The first-order chi connectivity index (χ1) is 11.9. The predicted octanol–water partition coefficient (Wildman–Crippen LogP) is 1.38. The van der Waals surface area contributed by atoms with E-state index in [4.69, 9.17) is 0 Å². The lowest BCUT2D eigenvalue weighted by Crippen LogP contribution is -2.46. The van der Waals surface area contributed by atoms with Crippen molar-refractivity contribution in [3.8, 4) is 5.82 Å². The molecule has 0 aliphatic carbocycles. The Morgan fingerprint density at radius 1 is 0.833 bits per heavy atom. The van der Waals surface area contributed by atoms with Gasteiger partial charge in [0.25, 0.3) is 0 Å². The summed E-state index contributed by atoms with van der Waals surface area (Å²) >= 11 is 0. The van der Waals surface area contributed by atoms with Crippen LogP contribution in [0.4, 0.5) is 5.82 Å². The second kappa shape index (κ2) is 6.76. The monoisotopic (exact) mass is 321 g/mol. The molecule has 3 aromatic heterocycles. The number of aromatic nitrogens is 5. The van der Waals surface area contributed by atoms with Crippen LogP contribution in [0.15, 0.2) is 55.1 Å². The number of anilines is 1. The van der Waals surface area contributed by atoms with Gasteiger partial charge in [-0.15, -0.1) is 10.2 Å². The summed E-state index contributed by atoms with van der Waals surface area (Å²) in [7, 11) is 0. The third-order valence-corrected chi connectivity index (χ3v) is 4.23. The van der Waals surface area contributed by atoms with Crippen LogP contribution in [-0.4, -0.2) is 56.0 Å². The Bertz CT molecular complexity index is 747. The van der Waals surface area contributed by atoms with Crippen molar-refractivity contribution in [2.45, 2.75) is 6.54 Å². The summed E-state index contributed by atoms with van der Waals surface area (Å²) in [6, 6.07) is 10.00. The summed E-state index contributed by atoms with van der Waals surface area (Å²) in [6.07, 6.45) is 7.30. The highest BCUT2D eigenvalue weighted by atomic mass is 15.4. The van der Waals surface area contributed by atoms with E-state index in [1.807, 2.05) is 36.8 Å². The van der Waals surface area contributed by atoms with Crippen LogP contribution < -0.4 is 4.90 Å². The Labute approximate surface area is 140 Å². The minimum Gasteiger partial charge on any atom is -0.353 e. The fourth-order valence-corrected chi connectivity index (χ4v) is 2.89. The summed E-state index contributed by atoms with van der Waals surface area (Å²) in [6.45, 7) is 4.93. The first-order valence-electron chi connectivity index (χ1n) is 8.08. The lowest BCUT2D eigenvalue weighted by molar-refractivity contribution is 0.249. The molecule has 0 atom stereocenters. The van der Waals surface area contributed by atoms with Crippen LogP contribution >= 0.6 is 0 Å². The largest absolute Gasteiger partial charge is 0.353 e. The standard InChI is InChI=1S/C17H19N7/c1-6-19-24(9-1)17-3-2-16(20-21-17)23-12-10-22(11-13-23)14-15-4-7-18-8-5-15/h1-9H,10-14H2. The van der Waals surface area contributed by atoms with Gasteiger partial charge in [0.05, 0.1) is 0 Å². The van der Waals surface area contributed by atoms with Gasteiger partial charge in [0.1, 0.15) is 0 Å². The average molecular weight is 321 g/mol. The summed E-state index contributed by atoms with van der Waals surface area (Å²) in [5.41, 5.74) is 1.31. The van der Waals surface area contributed by atoms with Crippen molar-refractivity contribution in [3.05, 3.63) is 60.7 Å². The van der Waals surface area contributed by atoms with Gasteiger partial charge in [-0.25, -0.2) is 4.68 Å². The maximum Gasteiger partial charge on any atom is 0.175 e. The van der Waals surface area contributed by atoms with Crippen LogP contribution in [0.5, 0.6) is 0 Å². The molecular formula is C17H19N7. The van der Waals surface area contributed by atoms with Gasteiger partial charge >= 0.3 is 0 Å². The zero-order valence-corrected chi connectivity index (χ0v) is 13.4. The molecule has 0 radical (unpaired) electrons. The smallest absolute Gasteiger partial charge is 0.175 e. The minimum atomic E-state index is 0.736. The Kier molecular flexibility index (Phi) is 4.16. The van der Waals surface area contributed by atoms with E-state index < -0.39 is 0 Å². The summed E-state index contributed by atoms with van der Waals surface area (Å²) in [4.78, 5) is 8.80. The second-order valence-electron chi connectivity index (χ2n) is 5.82. The van der Waals surface area contributed by atoms with Gasteiger partial charge in [0.2, 0.25) is 0 Å². The van der Waals surface area contributed by atoms with Gasteiger partial charge in [-0.2, -0.15) is 5.10 Å². The molecule has 0 spiro atoms. The Morgan fingerprint density at radius 2 is 1.58 bits per heavy atom. The fraction of sp³-hybridized carbons (Fsp3) is 0.294. The van der Waals surface area contributed by atoms with Gasteiger partial charge in [-0.05, 0) is 35.9 Å². The Balaban J connectivity index is 1.35. The topological polar surface area (TPSA) is 63.0 Å². The zero-order chi connectivity index (χ0) is 16.2. The summed E-state index contributed by atoms with van der Waals surface area (Å²) < 4.78 is 1.71. The van der Waals surface area contributed by atoms with Crippen molar-refractivity contribution in [1.82, 2.24) is 29.9 Å². The normalized spacial score (nSPS) is 15.6. The number of hydrogen-bond acceptors (Lipinski definition) is 6. The van der Waals surface area contributed by atoms with E-state index in [0.29, 0.717) is 0 Å². The SMILES string of the molecule is c1cnn(-c2ccc(N3CCN(Cc4ccncc4)CC3)nn2)c1. The van der Waals surface area contributed by atoms with Crippen LogP contribution in [0, 0.1) is 0 Å². The van der Waals surface area contributed by atoms with Gasteiger partial charge in [0.15, 0.2) is 11.6 Å². The highest BCUT2D eigenvalue weighted by molar-refractivity contribution is 5.40. The molecule has 4 rings (SSSR count). The molecule has 0 saturated carbocycles. The molecule has 1 aliphatic rings. The third kappa shape index (κ3) is 3.26. The van der Waals surface area contributed by atoms with Crippen molar-refractivity contribution in [2.24, 2.45) is 0 Å². The molecule has 122 valence electrons. The van der Waals surface area contributed by atoms with E-state index in [2.05, 4.69) is 42.2 Å². The fourth-order valence-electron chi connectivity index (χ4n) is 2.89. The molecule has 24 heavy (non-hydrogen) atoms. The molecule has 4 heterocycles. The quantitative estimate of drug-likeness (QED) is 0.723. The van der Waals surface area contributed by atoms with Crippen molar-refractivity contribution < 1.29 is 0 Å². The van der Waals surface area contributed by atoms with Gasteiger partial charge in [-0.3, -0.25) is 9.88 Å². The Hall–Kier alpha value is -2.80. The number of hydrogen-bond donors (Lipinski definition) is 0. The van der Waals surface area contributed by atoms with E-state index in [-0.39, 0.29) is 0 Å². The van der Waals surface area contributed by atoms with E-state index >= 15 is 0 Å². The molecule has 1 saturated heterocycles. The molecule has 7 nitrogen and oxygen atoms in total. The van der Waals surface area contributed by atoms with E-state index in [1.165, 1.54) is 5.56 Å². The van der Waals surface area contributed by atoms with Crippen molar-refractivity contribution >= 4 is 5.82 Å². The lowest BCUT2D eigenvalue weighted by atomic mass is 10.2. The van der Waals surface area contributed by atoms with Crippen LogP contribution in [-0.2, 0) is 6.54 Å².